The fourth-order valence-electron chi connectivity index (χ4n) is 2.68. The predicted molar refractivity (Wildman–Crippen MR) is 57.2 cm³/mol. The van der Waals surface area contributed by atoms with Crippen molar-refractivity contribution in [1.29, 1.82) is 0 Å². The molecule has 1 aliphatic rings. The van der Waals surface area contributed by atoms with Crippen LogP contribution in [0.5, 0.6) is 0 Å². The van der Waals surface area contributed by atoms with Crippen molar-refractivity contribution in [2.45, 2.75) is 37.8 Å². The van der Waals surface area contributed by atoms with Crippen LogP contribution in [-0.4, -0.2) is 6.18 Å². The van der Waals surface area contributed by atoms with Crippen molar-refractivity contribution < 1.29 is 13.2 Å². The summed E-state index contributed by atoms with van der Waals surface area (Å²) in [5.74, 6) is -1.49. The Morgan fingerprint density at radius 2 is 1.56 bits per heavy atom. The summed E-state index contributed by atoms with van der Waals surface area (Å²) < 4.78 is 39.2. The first-order valence-electron chi connectivity index (χ1n) is 5.70. The van der Waals surface area contributed by atoms with Crippen LogP contribution in [0.4, 0.5) is 13.2 Å². The maximum absolute atomic E-state index is 13.1. The van der Waals surface area contributed by atoms with E-state index in [0.717, 1.165) is 12.8 Å². The van der Waals surface area contributed by atoms with Gasteiger partial charge in [-0.2, -0.15) is 13.2 Å². The Labute approximate surface area is 93.5 Å². The minimum Gasteiger partial charge on any atom is -0.170 e. The van der Waals surface area contributed by atoms with Crippen LogP contribution in [0.3, 0.4) is 0 Å². The summed E-state index contributed by atoms with van der Waals surface area (Å²) in [6.45, 7) is 0. The first kappa shape index (κ1) is 11.5. The Kier molecular flexibility index (Phi) is 3.22. The van der Waals surface area contributed by atoms with Gasteiger partial charge in [0.15, 0.2) is 0 Å². The highest BCUT2D eigenvalue weighted by atomic mass is 19.4. The van der Waals surface area contributed by atoms with Crippen molar-refractivity contribution >= 4 is 0 Å². The van der Waals surface area contributed by atoms with Gasteiger partial charge >= 0.3 is 6.18 Å². The molecule has 16 heavy (non-hydrogen) atoms. The van der Waals surface area contributed by atoms with E-state index in [-0.39, 0.29) is 5.92 Å². The summed E-state index contributed by atoms with van der Waals surface area (Å²) in [5.41, 5.74) is 0.418. The molecule has 0 radical (unpaired) electrons. The van der Waals surface area contributed by atoms with E-state index in [2.05, 4.69) is 0 Å². The van der Waals surface area contributed by atoms with Gasteiger partial charge in [0, 0.05) is 0 Å². The molecule has 0 N–H and O–H groups in total. The Bertz CT molecular complexity index is 323. The molecule has 0 amide bonds. The van der Waals surface area contributed by atoms with Crippen LogP contribution >= 0.6 is 0 Å². The second-order valence-corrected chi connectivity index (χ2v) is 4.47. The normalized spacial score (nSPS) is 19.9. The molecule has 0 aliphatic heterocycles. The van der Waals surface area contributed by atoms with Crippen LogP contribution < -0.4 is 0 Å². The predicted octanol–water partition coefficient (Wildman–Crippen LogP) is 4.52. The van der Waals surface area contributed by atoms with E-state index in [1.54, 1.807) is 30.3 Å². The number of alkyl halides is 3. The first-order chi connectivity index (χ1) is 7.59. The third kappa shape index (κ3) is 2.39. The fourth-order valence-corrected chi connectivity index (χ4v) is 2.68. The number of halogens is 3. The highest BCUT2D eigenvalue weighted by Gasteiger charge is 2.45. The van der Waals surface area contributed by atoms with Gasteiger partial charge in [-0.15, -0.1) is 0 Å². The lowest BCUT2D eigenvalue weighted by atomic mass is 9.84. The molecule has 1 saturated carbocycles. The molecule has 0 bridgehead atoms. The van der Waals surface area contributed by atoms with E-state index in [0.29, 0.717) is 18.4 Å². The second-order valence-electron chi connectivity index (χ2n) is 4.47. The van der Waals surface area contributed by atoms with Gasteiger partial charge in [-0.05, 0) is 24.3 Å². The third-order valence-electron chi connectivity index (χ3n) is 3.38. The van der Waals surface area contributed by atoms with Gasteiger partial charge in [-0.1, -0.05) is 43.2 Å². The molecule has 0 aromatic heterocycles. The smallest absolute Gasteiger partial charge is 0.170 e. The molecule has 0 heterocycles. The van der Waals surface area contributed by atoms with Crippen molar-refractivity contribution in [3.05, 3.63) is 35.9 Å². The average Bonchev–Trinajstić information content (AvgIpc) is 2.71. The average molecular weight is 228 g/mol. The van der Waals surface area contributed by atoms with Gasteiger partial charge in [-0.25, -0.2) is 0 Å². The van der Waals surface area contributed by atoms with E-state index in [4.69, 9.17) is 0 Å². The highest BCUT2D eigenvalue weighted by molar-refractivity contribution is 5.22. The summed E-state index contributed by atoms with van der Waals surface area (Å²) in [5, 5.41) is 0. The maximum Gasteiger partial charge on any atom is 0.396 e. The SMILES string of the molecule is FC(F)(F)C(c1ccccc1)C1CCCC1. The fraction of sp³-hybridized carbons (Fsp3) is 0.538. The van der Waals surface area contributed by atoms with Crippen molar-refractivity contribution in [2.75, 3.05) is 0 Å². The molecule has 1 unspecified atom stereocenters. The van der Waals surface area contributed by atoms with Crippen LogP contribution in [-0.2, 0) is 0 Å². The van der Waals surface area contributed by atoms with Crippen LogP contribution in [0.15, 0.2) is 30.3 Å². The van der Waals surface area contributed by atoms with E-state index in [9.17, 15) is 13.2 Å². The number of hydrogen-bond donors (Lipinski definition) is 0. The molecule has 88 valence electrons. The molecular weight excluding hydrogens is 213 g/mol. The van der Waals surface area contributed by atoms with Crippen molar-refractivity contribution in [1.82, 2.24) is 0 Å². The van der Waals surface area contributed by atoms with Crippen molar-refractivity contribution in [3.63, 3.8) is 0 Å². The Hall–Kier alpha value is -0.990. The summed E-state index contributed by atoms with van der Waals surface area (Å²) in [4.78, 5) is 0. The zero-order valence-electron chi connectivity index (χ0n) is 9.00. The van der Waals surface area contributed by atoms with Gasteiger partial charge < -0.3 is 0 Å². The number of benzene rings is 1. The molecule has 1 fully saturated rings. The van der Waals surface area contributed by atoms with Crippen LogP contribution in [0.1, 0.15) is 37.2 Å². The summed E-state index contributed by atoms with van der Waals surface area (Å²) in [6, 6.07) is 8.31. The maximum atomic E-state index is 13.1. The Balaban J connectivity index is 2.28. The van der Waals surface area contributed by atoms with Gasteiger partial charge in [0.1, 0.15) is 0 Å². The molecule has 1 aromatic carbocycles. The third-order valence-corrected chi connectivity index (χ3v) is 3.38. The van der Waals surface area contributed by atoms with E-state index < -0.39 is 12.1 Å². The molecule has 0 saturated heterocycles. The molecule has 1 aliphatic carbocycles. The van der Waals surface area contributed by atoms with Crippen molar-refractivity contribution in [2.24, 2.45) is 5.92 Å². The first-order valence-corrected chi connectivity index (χ1v) is 5.70. The molecule has 0 spiro atoms. The van der Waals surface area contributed by atoms with Crippen LogP contribution in [0.25, 0.3) is 0 Å². The van der Waals surface area contributed by atoms with Crippen LogP contribution in [0, 0.1) is 5.92 Å². The summed E-state index contributed by atoms with van der Waals surface area (Å²) in [7, 11) is 0. The lowest BCUT2D eigenvalue weighted by Crippen LogP contribution is -2.26. The van der Waals surface area contributed by atoms with Gasteiger partial charge in [0.05, 0.1) is 5.92 Å². The topological polar surface area (TPSA) is 0 Å². The van der Waals surface area contributed by atoms with Crippen LogP contribution in [0.2, 0.25) is 0 Å². The monoisotopic (exact) mass is 228 g/mol. The summed E-state index contributed by atoms with van der Waals surface area (Å²) in [6.07, 6.45) is -0.831. The molecule has 1 atom stereocenters. The lowest BCUT2D eigenvalue weighted by molar-refractivity contribution is -0.161. The zero-order chi connectivity index (χ0) is 11.6. The van der Waals surface area contributed by atoms with Gasteiger partial charge in [0.25, 0.3) is 0 Å². The molecule has 0 nitrogen and oxygen atoms in total. The van der Waals surface area contributed by atoms with Gasteiger partial charge in [0.2, 0.25) is 0 Å². The van der Waals surface area contributed by atoms with Gasteiger partial charge in [-0.3, -0.25) is 0 Å². The Morgan fingerprint density at radius 1 is 1.00 bits per heavy atom. The van der Waals surface area contributed by atoms with E-state index in [1.807, 2.05) is 0 Å². The zero-order valence-corrected chi connectivity index (χ0v) is 9.00. The highest BCUT2D eigenvalue weighted by Crippen LogP contribution is 2.46. The van der Waals surface area contributed by atoms with E-state index in [1.165, 1.54) is 0 Å². The minimum absolute atomic E-state index is 0.220. The summed E-state index contributed by atoms with van der Waals surface area (Å²) >= 11 is 0. The number of hydrogen-bond acceptors (Lipinski definition) is 0. The second kappa shape index (κ2) is 4.48. The quantitative estimate of drug-likeness (QED) is 0.698. The van der Waals surface area contributed by atoms with E-state index >= 15 is 0 Å². The largest absolute Gasteiger partial charge is 0.396 e. The standard InChI is InChI=1S/C13H15F3/c14-13(15,16)12(11-8-4-5-9-11)10-6-2-1-3-7-10/h1-3,6-7,11-12H,4-5,8-9H2. The Morgan fingerprint density at radius 3 is 2.06 bits per heavy atom. The minimum atomic E-state index is -4.11. The molecule has 2 rings (SSSR count). The molecular formula is C13H15F3. The number of rotatable bonds is 2. The molecule has 1 aromatic rings. The lowest BCUT2D eigenvalue weighted by Gasteiger charge is -2.26. The molecule has 3 heteroatoms. The van der Waals surface area contributed by atoms with Crippen molar-refractivity contribution in [3.8, 4) is 0 Å².